The van der Waals surface area contributed by atoms with Crippen LogP contribution >= 0.6 is 0 Å². The van der Waals surface area contributed by atoms with Gasteiger partial charge in [-0.3, -0.25) is 4.79 Å². The molecule has 3 unspecified atom stereocenters. The number of hydrogen-bond acceptors (Lipinski definition) is 1. The molecule has 1 amide bonds. The van der Waals surface area contributed by atoms with Gasteiger partial charge in [0.15, 0.2) is 0 Å². The van der Waals surface area contributed by atoms with Crippen molar-refractivity contribution in [1.82, 2.24) is 4.90 Å². The summed E-state index contributed by atoms with van der Waals surface area (Å²) < 4.78 is 0. The van der Waals surface area contributed by atoms with Crippen LogP contribution in [0, 0.1) is 5.92 Å². The average molecular weight is 267 g/mol. The molecule has 0 radical (unpaired) electrons. The molecule has 1 aromatic rings. The third kappa shape index (κ3) is 2.00. The Bertz CT molecular complexity index is 560. The van der Waals surface area contributed by atoms with Crippen molar-refractivity contribution in [2.45, 2.75) is 31.7 Å². The van der Waals surface area contributed by atoms with Crippen molar-refractivity contribution in [1.29, 1.82) is 0 Å². The van der Waals surface area contributed by atoms with Crippen molar-refractivity contribution in [2.24, 2.45) is 5.92 Å². The van der Waals surface area contributed by atoms with Crippen LogP contribution in [0.2, 0.25) is 0 Å². The highest BCUT2D eigenvalue weighted by Gasteiger charge is 2.45. The summed E-state index contributed by atoms with van der Waals surface area (Å²) in [5, 5.41) is 0. The molecule has 1 fully saturated rings. The predicted octanol–water partition coefficient (Wildman–Crippen LogP) is 3.31. The molecule has 1 aromatic carbocycles. The zero-order chi connectivity index (χ0) is 14.2. The Morgan fingerprint density at radius 1 is 1.20 bits per heavy atom. The Kier molecular flexibility index (Phi) is 3.25. The van der Waals surface area contributed by atoms with Crippen molar-refractivity contribution >= 4 is 5.91 Å². The van der Waals surface area contributed by atoms with Crippen molar-refractivity contribution in [3.05, 3.63) is 60.2 Å². The van der Waals surface area contributed by atoms with E-state index in [4.69, 9.17) is 0 Å². The van der Waals surface area contributed by atoms with Crippen molar-refractivity contribution in [2.75, 3.05) is 6.54 Å². The largest absolute Gasteiger partial charge is 0.336 e. The highest BCUT2D eigenvalue weighted by Crippen LogP contribution is 2.44. The van der Waals surface area contributed by atoms with Gasteiger partial charge in [0.2, 0.25) is 5.91 Å². The van der Waals surface area contributed by atoms with Gasteiger partial charge in [0.1, 0.15) is 0 Å². The van der Waals surface area contributed by atoms with Crippen LogP contribution in [0.1, 0.15) is 25.8 Å². The molecule has 0 N–H and O–H groups in total. The normalized spacial score (nSPS) is 32.0. The molecule has 2 heteroatoms. The Hall–Kier alpha value is -1.83. The number of fused-ring (bicyclic) bond motifs is 1. The number of benzene rings is 1. The maximum absolute atomic E-state index is 11.9. The second kappa shape index (κ2) is 4.93. The molecular weight excluding hydrogens is 246 g/mol. The summed E-state index contributed by atoms with van der Waals surface area (Å²) in [5.74, 6) is 0.530. The zero-order valence-electron chi connectivity index (χ0n) is 12.1. The van der Waals surface area contributed by atoms with Crippen LogP contribution in [0.4, 0.5) is 0 Å². The summed E-state index contributed by atoms with van der Waals surface area (Å²) in [6.07, 6.45) is 9.63. The van der Waals surface area contributed by atoms with Crippen molar-refractivity contribution in [3.8, 4) is 0 Å². The predicted molar refractivity (Wildman–Crippen MR) is 81.4 cm³/mol. The van der Waals surface area contributed by atoms with Gasteiger partial charge >= 0.3 is 0 Å². The Labute approximate surface area is 120 Å². The lowest BCUT2D eigenvalue weighted by molar-refractivity contribution is -0.133. The molecule has 0 bridgehead atoms. The number of likely N-dealkylation sites (tertiary alicyclic amines) is 1. The fourth-order valence-electron chi connectivity index (χ4n) is 3.67. The minimum absolute atomic E-state index is 0.0964. The molecule has 2 aliphatic rings. The van der Waals surface area contributed by atoms with E-state index >= 15 is 0 Å². The average Bonchev–Trinajstić information content (AvgIpc) is 2.48. The lowest BCUT2D eigenvalue weighted by Gasteiger charge is -2.50. The van der Waals surface area contributed by atoms with Crippen molar-refractivity contribution in [3.63, 3.8) is 0 Å². The van der Waals surface area contributed by atoms with Gasteiger partial charge in [-0.2, -0.15) is 0 Å². The summed E-state index contributed by atoms with van der Waals surface area (Å²) in [7, 11) is 0. The van der Waals surface area contributed by atoms with E-state index in [0.717, 1.165) is 13.0 Å². The van der Waals surface area contributed by atoms with Gasteiger partial charge in [-0.1, -0.05) is 61.6 Å². The molecule has 1 aliphatic carbocycles. The molecule has 1 saturated heterocycles. The van der Waals surface area contributed by atoms with Crippen LogP contribution in [0.15, 0.2) is 54.6 Å². The van der Waals surface area contributed by atoms with E-state index < -0.39 is 0 Å². The van der Waals surface area contributed by atoms with Gasteiger partial charge in [-0.25, -0.2) is 0 Å². The van der Waals surface area contributed by atoms with Crippen LogP contribution in [0.3, 0.4) is 0 Å². The minimum atomic E-state index is 0.0964. The molecule has 104 valence electrons. The highest BCUT2D eigenvalue weighted by molar-refractivity contribution is 5.74. The lowest BCUT2D eigenvalue weighted by Crippen LogP contribution is -2.55. The maximum Gasteiger partial charge on any atom is 0.219 e. The monoisotopic (exact) mass is 267 g/mol. The van der Waals surface area contributed by atoms with Crippen molar-refractivity contribution < 1.29 is 4.79 Å². The van der Waals surface area contributed by atoms with Crippen LogP contribution in [-0.2, 0) is 10.2 Å². The summed E-state index contributed by atoms with van der Waals surface area (Å²) in [6, 6.07) is 10.9. The zero-order valence-corrected chi connectivity index (χ0v) is 12.1. The molecule has 3 atom stereocenters. The number of carbonyl (C=O) groups excluding carboxylic acids is 1. The standard InChI is InChI=1S/C18H21NO/c1-14(20)19-13-12-18(2,15-8-4-3-5-9-15)16-10-6-7-11-17(16)19/h3-11,16-17H,12-13H2,1-2H3. The first-order valence-corrected chi connectivity index (χ1v) is 7.31. The highest BCUT2D eigenvalue weighted by atomic mass is 16.2. The van der Waals surface area contributed by atoms with Gasteiger partial charge in [-0.05, 0) is 12.0 Å². The topological polar surface area (TPSA) is 20.3 Å². The summed E-state index contributed by atoms with van der Waals surface area (Å²) in [6.45, 7) is 4.84. The van der Waals surface area contributed by atoms with E-state index in [2.05, 4.69) is 61.6 Å². The second-order valence-electron chi connectivity index (χ2n) is 6.03. The van der Waals surface area contributed by atoms with E-state index in [9.17, 15) is 4.79 Å². The minimum Gasteiger partial charge on any atom is -0.336 e. The summed E-state index contributed by atoms with van der Waals surface area (Å²) in [5.41, 5.74) is 1.47. The van der Waals surface area contributed by atoms with Gasteiger partial charge in [-0.15, -0.1) is 0 Å². The molecule has 0 aromatic heterocycles. The third-order valence-corrected chi connectivity index (χ3v) is 4.91. The smallest absolute Gasteiger partial charge is 0.219 e. The maximum atomic E-state index is 11.9. The molecular formula is C18H21NO. The lowest BCUT2D eigenvalue weighted by atomic mass is 9.63. The number of amides is 1. The molecule has 1 heterocycles. The van der Waals surface area contributed by atoms with Gasteiger partial charge in [0.25, 0.3) is 0 Å². The third-order valence-electron chi connectivity index (χ3n) is 4.91. The van der Waals surface area contributed by atoms with E-state index in [0.29, 0.717) is 5.92 Å². The Morgan fingerprint density at radius 2 is 1.90 bits per heavy atom. The number of nitrogens with zero attached hydrogens (tertiary/aromatic N) is 1. The number of allylic oxidation sites excluding steroid dienone is 2. The second-order valence-corrected chi connectivity index (χ2v) is 6.03. The first kappa shape index (κ1) is 13.2. The fourth-order valence-corrected chi connectivity index (χ4v) is 3.67. The first-order valence-electron chi connectivity index (χ1n) is 7.31. The first-order chi connectivity index (χ1) is 9.63. The molecule has 3 rings (SSSR count). The number of carbonyl (C=O) groups is 1. The fraction of sp³-hybridized carbons (Fsp3) is 0.389. The van der Waals surface area contributed by atoms with E-state index in [-0.39, 0.29) is 17.4 Å². The van der Waals surface area contributed by atoms with Gasteiger partial charge < -0.3 is 4.90 Å². The molecule has 1 aliphatic heterocycles. The summed E-state index contributed by atoms with van der Waals surface area (Å²) >= 11 is 0. The number of piperidine rings is 1. The van der Waals surface area contributed by atoms with E-state index in [1.165, 1.54) is 5.56 Å². The Morgan fingerprint density at radius 3 is 2.60 bits per heavy atom. The van der Waals surface area contributed by atoms with Gasteiger partial charge in [0, 0.05) is 24.8 Å². The molecule has 20 heavy (non-hydrogen) atoms. The van der Waals surface area contributed by atoms with Gasteiger partial charge in [0.05, 0.1) is 6.04 Å². The summed E-state index contributed by atoms with van der Waals surface area (Å²) in [4.78, 5) is 13.9. The van der Waals surface area contributed by atoms with Crippen LogP contribution in [-0.4, -0.2) is 23.4 Å². The van der Waals surface area contributed by atoms with Crippen LogP contribution in [0.5, 0.6) is 0 Å². The molecule has 0 spiro atoms. The molecule has 2 nitrogen and oxygen atoms in total. The van der Waals surface area contributed by atoms with E-state index in [1.807, 2.05) is 4.90 Å². The SMILES string of the molecule is CC(=O)N1CCC(C)(c2ccccc2)C2C=CC=CC21. The number of rotatable bonds is 1. The van der Waals surface area contributed by atoms with Crippen LogP contribution in [0.25, 0.3) is 0 Å². The van der Waals surface area contributed by atoms with Crippen LogP contribution < -0.4 is 0 Å². The van der Waals surface area contributed by atoms with E-state index in [1.54, 1.807) is 6.92 Å². The quantitative estimate of drug-likeness (QED) is 0.764. The Balaban J connectivity index is 2.01. The molecule has 0 saturated carbocycles. The number of hydrogen-bond donors (Lipinski definition) is 0.